The van der Waals surface area contributed by atoms with Gasteiger partial charge in [-0.15, -0.1) is 0 Å². The van der Waals surface area contributed by atoms with Crippen LogP contribution in [0.4, 0.5) is 13.2 Å². The van der Waals surface area contributed by atoms with Crippen molar-refractivity contribution >= 4 is 11.7 Å². The molecule has 1 amide bonds. The van der Waals surface area contributed by atoms with Crippen molar-refractivity contribution in [1.82, 2.24) is 10.3 Å². The van der Waals surface area contributed by atoms with Crippen molar-refractivity contribution in [1.29, 1.82) is 0 Å². The number of hydrogen-bond donors (Lipinski definition) is 3. The number of rotatable bonds is 6. The molecule has 7 nitrogen and oxygen atoms in total. The molecule has 2 atom stereocenters. The molecule has 0 bridgehead atoms. The van der Waals surface area contributed by atoms with Crippen LogP contribution in [0.1, 0.15) is 62.5 Å². The van der Waals surface area contributed by atoms with Gasteiger partial charge in [0.05, 0.1) is 6.04 Å². The summed E-state index contributed by atoms with van der Waals surface area (Å²) >= 11 is 0. The van der Waals surface area contributed by atoms with Crippen LogP contribution in [0.3, 0.4) is 0 Å². The Balaban J connectivity index is 2.30. The molecule has 0 saturated heterocycles. The molecule has 0 spiro atoms. The molecular weight excluding hydrogens is 377 g/mol. The maximum absolute atomic E-state index is 12.9. The molecule has 2 rings (SSSR count). The molecule has 1 unspecified atom stereocenters. The number of nitrogens with one attached hydrogen (secondary N) is 1. The highest BCUT2D eigenvalue weighted by Crippen LogP contribution is 2.44. The molecule has 1 heterocycles. The third-order valence-corrected chi connectivity index (χ3v) is 4.46. The minimum atomic E-state index is -4.53. The molecular formula is C18H25F3N4O3. The van der Waals surface area contributed by atoms with Gasteiger partial charge in [0.1, 0.15) is 11.4 Å². The predicted molar refractivity (Wildman–Crippen MR) is 96.5 cm³/mol. The van der Waals surface area contributed by atoms with Crippen LogP contribution in [-0.2, 0) is 0 Å². The molecule has 1 saturated carbocycles. The third kappa shape index (κ3) is 5.26. The van der Waals surface area contributed by atoms with Gasteiger partial charge in [0.25, 0.3) is 5.91 Å². The van der Waals surface area contributed by atoms with Gasteiger partial charge >= 0.3 is 6.18 Å². The van der Waals surface area contributed by atoms with Crippen LogP contribution < -0.4 is 15.8 Å². The van der Waals surface area contributed by atoms with Gasteiger partial charge in [0, 0.05) is 17.8 Å². The Morgan fingerprint density at radius 1 is 1.39 bits per heavy atom. The lowest BCUT2D eigenvalue weighted by Gasteiger charge is -2.30. The zero-order chi connectivity index (χ0) is 21.3. The summed E-state index contributed by atoms with van der Waals surface area (Å²) in [6.07, 6.45) is -3.52. The van der Waals surface area contributed by atoms with Crippen molar-refractivity contribution in [2.75, 3.05) is 0 Å². The van der Waals surface area contributed by atoms with Gasteiger partial charge in [-0.2, -0.15) is 13.2 Å². The quantitative estimate of drug-likeness (QED) is 0.293. The second kappa shape index (κ2) is 7.84. The summed E-state index contributed by atoms with van der Waals surface area (Å²) < 4.78 is 43.8. The van der Waals surface area contributed by atoms with Gasteiger partial charge in [-0.1, -0.05) is 25.9 Å². The Hall–Kier alpha value is -2.52. The lowest BCUT2D eigenvalue weighted by atomic mass is 9.86. The predicted octanol–water partition coefficient (Wildman–Crippen LogP) is 3.18. The molecule has 1 aliphatic carbocycles. The monoisotopic (exact) mass is 402 g/mol. The summed E-state index contributed by atoms with van der Waals surface area (Å²) in [4.78, 5) is 16.7. The molecule has 4 N–H and O–H groups in total. The number of ether oxygens (including phenoxy) is 1. The lowest BCUT2D eigenvalue weighted by Crippen LogP contribution is -2.52. The van der Waals surface area contributed by atoms with Crippen molar-refractivity contribution in [2.45, 2.75) is 64.8 Å². The SMILES string of the molecule is C[C@H](Oc1cc(C(=O)NC(/C(N)=N\O)C(C)(C)C)ncc1C1CC1)C(F)(F)F. The Kier molecular flexibility index (Phi) is 6.10. The normalized spacial score (nSPS) is 17.8. The highest BCUT2D eigenvalue weighted by Gasteiger charge is 2.39. The van der Waals surface area contributed by atoms with E-state index >= 15 is 0 Å². The maximum atomic E-state index is 12.9. The van der Waals surface area contributed by atoms with Crippen LogP contribution in [0.25, 0.3) is 0 Å². The van der Waals surface area contributed by atoms with Gasteiger partial charge in [0.15, 0.2) is 11.9 Å². The van der Waals surface area contributed by atoms with Gasteiger partial charge in [0.2, 0.25) is 0 Å². The lowest BCUT2D eigenvalue weighted by molar-refractivity contribution is -0.189. The Morgan fingerprint density at radius 2 is 2.00 bits per heavy atom. The molecule has 0 radical (unpaired) electrons. The van der Waals surface area contributed by atoms with Crippen molar-refractivity contribution in [3.8, 4) is 5.75 Å². The van der Waals surface area contributed by atoms with Crippen molar-refractivity contribution in [3.05, 3.63) is 23.5 Å². The molecule has 1 aromatic rings. The Labute approximate surface area is 161 Å². The Morgan fingerprint density at radius 3 is 2.46 bits per heavy atom. The molecule has 1 aromatic heterocycles. The van der Waals surface area contributed by atoms with E-state index in [4.69, 9.17) is 15.7 Å². The van der Waals surface area contributed by atoms with Gasteiger partial charge in [-0.25, -0.2) is 0 Å². The second-order valence-corrected chi connectivity index (χ2v) is 7.98. The van der Waals surface area contributed by atoms with Gasteiger partial charge in [-0.3, -0.25) is 9.78 Å². The van der Waals surface area contributed by atoms with E-state index in [0.29, 0.717) is 5.56 Å². The largest absolute Gasteiger partial charge is 0.481 e. The van der Waals surface area contributed by atoms with E-state index in [9.17, 15) is 18.0 Å². The van der Waals surface area contributed by atoms with E-state index in [0.717, 1.165) is 19.8 Å². The minimum Gasteiger partial charge on any atom is -0.481 e. The summed E-state index contributed by atoms with van der Waals surface area (Å²) in [5.74, 6) is -0.792. The number of nitrogens with zero attached hydrogens (tertiary/aromatic N) is 2. The number of pyridine rings is 1. The number of amides is 1. The fraction of sp³-hybridized carbons (Fsp3) is 0.611. The van der Waals surface area contributed by atoms with Crippen molar-refractivity contribution in [3.63, 3.8) is 0 Å². The van der Waals surface area contributed by atoms with Gasteiger partial charge in [-0.05, 0) is 31.1 Å². The number of amidine groups is 1. The minimum absolute atomic E-state index is 0.0106. The van der Waals surface area contributed by atoms with E-state index in [1.165, 1.54) is 12.3 Å². The second-order valence-electron chi connectivity index (χ2n) is 7.98. The zero-order valence-electron chi connectivity index (χ0n) is 16.2. The number of nitrogens with two attached hydrogens (primary N) is 1. The number of carbonyl (C=O) groups is 1. The van der Waals surface area contributed by atoms with Crippen LogP contribution in [0, 0.1) is 5.41 Å². The first-order chi connectivity index (χ1) is 12.8. The van der Waals surface area contributed by atoms with E-state index in [1.807, 2.05) is 0 Å². The number of halogens is 3. The summed E-state index contributed by atoms with van der Waals surface area (Å²) in [7, 11) is 0. The number of hydrogen-bond acceptors (Lipinski definition) is 5. The number of oxime groups is 1. The average Bonchev–Trinajstić information content (AvgIpc) is 3.41. The van der Waals surface area contributed by atoms with E-state index in [-0.39, 0.29) is 23.2 Å². The van der Waals surface area contributed by atoms with E-state index < -0.39 is 29.6 Å². The highest BCUT2D eigenvalue weighted by molar-refractivity contribution is 5.97. The molecule has 1 aliphatic rings. The molecule has 10 heteroatoms. The van der Waals surface area contributed by atoms with Crippen LogP contribution >= 0.6 is 0 Å². The molecule has 1 fully saturated rings. The van der Waals surface area contributed by atoms with Crippen LogP contribution in [0.2, 0.25) is 0 Å². The fourth-order valence-electron chi connectivity index (χ4n) is 2.63. The molecule has 28 heavy (non-hydrogen) atoms. The number of aromatic nitrogens is 1. The molecule has 0 aromatic carbocycles. The maximum Gasteiger partial charge on any atom is 0.425 e. The molecule has 156 valence electrons. The summed E-state index contributed by atoms with van der Waals surface area (Å²) in [6, 6.07) is 0.394. The van der Waals surface area contributed by atoms with Crippen LogP contribution in [0.15, 0.2) is 17.4 Å². The van der Waals surface area contributed by atoms with Crippen LogP contribution in [0.5, 0.6) is 5.75 Å². The van der Waals surface area contributed by atoms with Crippen LogP contribution in [-0.4, -0.2) is 40.3 Å². The fourth-order valence-corrected chi connectivity index (χ4v) is 2.63. The average molecular weight is 402 g/mol. The van der Waals surface area contributed by atoms with Crippen molar-refractivity contribution in [2.24, 2.45) is 16.3 Å². The zero-order valence-corrected chi connectivity index (χ0v) is 16.2. The smallest absolute Gasteiger partial charge is 0.425 e. The topological polar surface area (TPSA) is 110 Å². The van der Waals surface area contributed by atoms with E-state index in [2.05, 4.69) is 15.5 Å². The summed E-state index contributed by atoms with van der Waals surface area (Å²) in [5.41, 5.74) is 5.52. The summed E-state index contributed by atoms with van der Waals surface area (Å²) in [6.45, 7) is 6.24. The molecule has 0 aliphatic heterocycles. The first-order valence-electron chi connectivity index (χ1n) is 8.86. The van der Waals surface area contributed by atoms with Crippen molar-refractivity contribution < 1.29 is 27.9 Å². The first kappa shape index (κ1) is 21.8. The number of alkyl halides is 3. The standard InChI is InChI=1S/C18H25F3N4O3/c1-9(18(19,20)21)28-13-7-12(23-8-11(13)10-5-6-10)16(26)24-14(15(22)25-27)17(2,3)4/h7-10,14,27H,5-6H2,1-4H3,(H2,22,25)(H,24,26)/t9-,14?/m0/s1. The number of carbonyl (C=O) groups excluding carboxylic acids is 1. The third-order valence-electron chi connectivity index (χ3n) is 4.46. The van der Waals surface area contributed by atoms with Gasteiger partial charge < -0.3 is 21.0 Å². The highest BCUT2D eigenvalue weighted by atomic mass is 19.4. The summed E-state index contributed by atoms with van der Waals surface area (Å²) in [5, 5.41) is 14.5. The first-order valence-corrected chi connectivity index (χ1v) is 8.86. The Bertz CT molecular complexity index is 755. The van der Waals surface area contributed by atoms with E-state index in [1.54, 1.807) is 20.8 Å².